The zero-order valence-corrected chi connectivity index (χ0v) is 24.3. The molecule has 3 heterocycles. The van der Waals surface area contributed by atoms with Gasteiger partial charge in [0.2, 0.25) is 17.7 Å². The van der Waals surface area contributed by atoms with Crippen LogP contribution in [0.25, 0.3) is 0 Å². The lowest BCUT2D eigenvalue weighted by Gasteiger charge is -2.38. The first-order chi connectivity index (χ1) is 19.6. The SMILES string of the molecule is CC1CCCC(NC(=O)C2N(Cc3ccc(F)cc3)C(=O)[C@@H]3C(C(=O)Nc4cc(Cl)cc(Cl)c4)[C@@H]4C=CC23O4)C1C. The predicted octanol–water partition coefficient (Wildman–Crippen LogP) is 5.36. The smallest absolute Gasteiger partial charge is 0.246 e. The summed E-state index contributed by atoms with van der Waals surface area (Å²) >= 11 is 12.3. The normalized spacial score (nSPS) is 33.6. The molecule has 0 aromatic heterocycles. The lowest BCUT2D eigenvalue weighted by Crippen LogP contribution is -2.57. The quantitative estimate of drug-likeness (QED) is 0.437. The molecule has 0 radical (unpaired) electrons. The van der Waals surface area contributed by atoms with Crippen molar-refractivity contribution in [2.75, 3.05) is 5.32 Å². The molecule has 2 aromatic carbocycles. The second-order valence-corrected chi connectivity index (χ2v) is 12.7. The maximum absolute atomic E-state index is 14.2. The molecule has 2 bridgehead atoms. The molecule has 6 unspecified atom stereocenters. The Morgan fingerprint density at radius 3 is 2.49 bits per heavy atom. The summed E-state index contributed by atoms with van der Waals surface area (Å²) in [5, 5.41) is 6.79. The number of hydrogen-bond donors (Lipinski definition) is 2. The predicted molar refractivity (Wildman–Crippen MR) is 154 cm³/mol. The maximum atomic E-state index is 14.2. The fourth-order valence-electron chi connectivity index (χ4n) is 7.12. The molecule has 3 amide bonds. The number of carbonyl (C=O) groups excluding carboxylic acids is 3. The standard InChI is InChI=1S/C31H32Cl2FN3O4/c1-16-4-3-5-23(17(16)2)36-29(39)27-31-11-10-24(41-31)25(28(38)35-22-13-19(32)12-20(33)14-22)26(31)30(40)37(27)15-18-6-8-21(34)9-7-18/h6-14,16-17,23-27H,3-5,15H2,1-2H3,(H,35,38)(H,36,39)/t16?,17?,23?,24-,25?,26-,27?,31?/m0/s1. The molecule has 6 rings (SSSR count). The van der Waals surface area contributed by atoms with E-state index in [1.165, 1.54) is 17.0 Å². The topological polar surface area (TPSA) is 87.7 Å². The molecule has 41 heavy (non-hydrogen) atoms. The van der Waals surface area contributed by atoms with E-state index in [1.54, 1.807) is 42.5 Å². The first-order valence-electron chi connectivity index (χ1n) is 14.1. The number of nitrogens with one attached hydrogen (secondary N) is 2. The molecular weight excluding hydrogens is 568 g/mol. The number of hydrogen-bond acceptors (Lipinski definition) is 4. The Morgan fingerprint density at radius 1 is 1.07 bits per heavy atom. The molecule has 10 heteroatoms. The van der Waals surface area contributed by atoms with E-state index < -0.39 is 41.3 Å². The van der Waals surface area contributed by atoms with Gasteiger partial charge in [0.1, 0.15) is 17.5 Å². The van der Waals surface area contributed by atoms with Gasteiger partial charge in [0.15, 0.2) is 0 Å². The Labute approximate surface area is 248 Å². The van der Waals surface area contributed by atoms with Crippen LogP contribution in [0.3, 0.4) is 0 Å². The van der Waals surface area contributed by atoms with Gasteiger partial charge < -0.3 is 20.3 Å². The van der Waals surface area contributed by atoms with E-state index in [-0.39, 0.29) is 30.3 Å². The highest BCUT2D eigenvalue weighted by Crippen LogP contribution is 2.55. The zero-order chi connectivity index (χ0) is 29.1. The average Bonchev–Trinajstić information content (AvgIpc) is 3.55. The Hall–Kier alpha value is -2.94. The van der Waals surface area contributed by atoms with Crippen molar-refractivity contribution in [2.45, 2.75) is 63.4 Å². The number of fused-ring (bicyclic) bond motifs is 1. The number of halogens is 3. The molecule has 1 aliphatic carbocycles. The van der Waals surface area contributed by atoms with E-state index in [1.807, 2.05) is 0 Å². The minimum atomic E-state index is -1.30. The van der Waals surface area contributed by atoms with Gasteiger partial charge in [-0.05, 0) is 54.2 Å². The fourth-order valence-corrected chi connectivity index (χ4v) is 7.65. The molecule has 216 valence electrons. The molecular formula is C31H32Cl2FN3O4. The monoisotopic (exact) mass is 599 g/mol. The maximum Gasteiger partial charge on any atom is 0.246 e. The highest BCUT2D eigenvalue weighted by Gasteiger charge is 2.72. The van der Waals surface area contributed by atoms with Gasteiger partial charge in [0.25, 0.3) is 0 Å². The van der Waals surface area contributed by atoms with Crippen molar-refractivity contribution in [3.63, 3.8) is 0 Å². The number of likely N-dealkylation sites (tertiary alicyclic amines) is 1. The Bertz CT molecular complexity index is 1400. The van der Waals surface area contributed by atoms with Crippen molar-refractivity contribution in [3.8, 4) is 0 Å². The summed E-state index contributed by atoms with van der Waals surface area (Å²) in [5.74, 6) is -2.50. The number of amides is 3. The van der Waals surface area contributed by atoms with Crippen LogP contribution in [-0.4, -0.2) is 46.4 Å². The van der Waals surface area contributed by atoms with Crippen LogP contribution in [0, 0.1) is 29.5 Å². The van der Waals surface area contributed by atoms with Gasteiger partial charge >= 0.3 is 0 Å². The molecule has 1 saturated carbocycles. The first kappa shape index (κ1) is 28.2. The second-order valence-electron chi connectivity index (χ2n) is 11.8. The van der Waals surface area contributed by atoms with E-state index in [0.717, 1.165) is 19.3 Å². The molecule has 1 spiro atoms. The Kier molecular flexibility index (Phi) is 7.37. The number of rotatable bonds is 6. The summed E-state index contributed by atoms with van der Waals surface area (Å²) in [6, 6.07) is 9.52. The van der Waals surface area contributed by atoms with Crippen LogP contribution in [0.15, 0.2) is 54.6 Å². The Balaban J connectivity index is 1.33. The van der Waals surface area contributed by atoms with Gasteiger partial charge in [-0.2, -0.15) is 0 Å². The molecule has 2 saturated heterocycles. The summed E-state index contributed by atoms with van der Waals surface area (Å²) in [7, 11) is 0. The summed E-state index contributed by atoms with van der Waals surface area (Å²) in [4.78, 5) is 43.5. The van der Waals surface area contributed by atoms with Crippen LogP contribution in [0.5, 0.6) is 0 Å². The van der Waals surface area contributed by atoms with E-state index in [2.05, 4.69) is 24.5 Å². The number of benzene rings is 2. The number of ether oxygens (including phenoxy) is 1. The molecule has 7 nitrogen and oxygen atoms in total. The van der Waals surface area contributed by atoms with Gasteiger partial charge in [-0.1, -0.05) is 74.2 Å². The first-order valence-corrected chi connectivity index (χ1v) is 14.8. The molecule has 2 N–H and O–H groups in total. The number of carbonyl (C=O) groups is 3. The lowest BCUT2D eigenvalue weighted by molar-refractivity contribution is -0.142. The minimum absolute atomic E-state index is 0.0290. The van der Waals surface area contributed by atoms with Crippen LogP contribution in [0.4, 0.5) is 10.1 Å². The zero-order valence-electron chi connectivity index (χ0n) is 22.8. The molecule has 8 atom stereocenters. The molecule has 2 aromatic rings. The molecule has 3 fully saturated rings. The number of anilines is 1. The van der Waals surface area contributed by atoms with Crippen molar-refractivity contribution in [1.82, 2.24) is 10.2 Å². The minimum Gasteiger partial charge on any atom is -0.359 e. The van der Waals surface area contributed by atoms with Crippen LogP contribution in [-0.2, 0) is 25.7 Å². The molecule has 4 aliphatic rings. The number of nitrogens with zero attached hydrogens (tertiary/aromatic N) is 1. The second kappa shape index (κ2) is 10.7. The van der Waals surface area contributed by atoms with E-state index in [4.69, 9.17) is 27.9 Å². The van der Waals surface area contributed by atoms with Gasteiger partial charge in [0, 0.05) is 28.3 Å². The fraction of sp³-hybridized carbons (Fsp3) is 0.452. The Morgan fingerprint density at radius 2 is 1.78 bits per heavy atom. The third kappa shape index (κ3) is 4.94. The van der Waals surface area contributed by atoms with Crippen LogP contribution in [0.1, 0.15) is 38.7 Å². The summed E-state index contributed by atoms with van der Waals surface area (Å²) in [6.07, 6.45) is 5.87. The van der Waals surface area contributed by atoms with E-state index in [9.17, 15) is 18.8 Å². The average molecular weight is 601 g/mol. The van der Waals surface area contributed by atoms with Gasteiger partial charge in [0.05, 0.1) is 17.9 Å². The largest absolute Gasteiger partial charge is 0.359 e. The van der Waals surface area contributed by atoms with Gasteiger partial charge in [-0.15, -0.1) is 0 Å². The third-order valence-electron chi connectivity index (χ3n) is 9.36. The van der Waals surface area contributed by atoms with Crippen molar-refractivity contribution in [2.24, 2.45) is 23.7 Å². The van der Waals surface area contributed by atoms with Crippen LogP contribution in [0.2, 0.25) is 10.0 Å². The summed E-state index contributed by atoms with van der Waals surface area (Å²) < 4.78 is 20.1. The van der Waals surface area contributed by atoms with Gasteiger partial charge in [-0.25, -0.2) is 4.39 Å². The van der Waals surface area contributed by atoms with Crippen LogP contribution >= 0.6 is 23.2 Å². The van der Waals surface area contributed by atoms with E-state index in [0.29, 0.717) is 27.2 Å². The summed E-state index contributed by atoms with van der Waals surface area (Å²) in [5.41, 5.74) is -0.234. The van der Waals surface area contributed by atoms with E-state index >= 15 is 0 Å². The third-order valence-corrected chi connectivity index (χ3v) is 9.79. The highest BCUT2D eigenvalue weighted by molar-refractivity contribution is 6.35. The molecule has 3 aliphatic heterocycles. The van der Waals surface area contributed by atoms with Crippen LogP contribution < -0.4 is 10.6 Å². The summed E-state index contributed by atoms with van der Waals surface area (Å²) in [6.45, 7) is 4.41. The van der Waals surface area contributed by atoms with Crippen molar-refractivity contribution in [3.05, 3.63) is 76.0 Å². The highest BCUT2D eigenvalue weighted by atomic mass is 35.5. The van der Waals surface area contributed by atoms with Crippen molar-refractivity contribution >= 4 is 46.6 Å². The van der Waals surface area contributed by atoms with Crippen molar-refractivity contribution in [1.29, 1.82) is 0 Å². The van der Waals surface area contributed by atoms with Crippen molar-refractivity contribution < 1.29 is 23.5 Å². The van der Waals surface area contributed by atoms with Gasteiger partial charge in [-0.3, -0.25) is 14.4 Å². The lowest BCUT2D eigenvalue weighted by atomic mass is 9.73.